The number of alkyl halides is 3. The quantitative estimate of drug-likeness (QED) is 0.345. The van der Waals surface area contributed by atoms with E-state index in [-0.39, 0.29) is 11.8 Å². The van der Waals surface area contributed by atoms with Crippen molar-refractivity contribution in [3.63, 3.8) is 0 Å². The highest BCUT2D eigenvalue weighted by molar-refractivity contribution is 5.61. The van der Waals surface area contributed by atoms with Gasteiger partial charge in [-0.1, -0.05) is 12.8 Å². The number of nitrogens with one attached hydrogen (secondary N) is 1. The molecular weight excluding hydrogens is 503 g/mol. The molecule has 2 heterocycles. The number of piperidine rings is 1. The fourth-order valence-electron chi connectivity index (χ4n) is 5.93. The molecule has 2 fully saturated rings. The molecule has 5 rings (SSSR count). The Balaban J connectivity index is 1.22. The second kappa shape index (κ2) is 11.9. The van der Waals surface area contributed by atoms with Crippen LogP contribution in [0, 0.1) is 23.2 Å². The average Bonchev–Trinajstić information content (AvgIpc) is 2.94. The molecule has 9 heteroatoms. The van der Waals surface area contributed by atoms with Crippen molar-refractivity contribution in [3.05, 3.63) is 66.4 Å². The van der Waals surface area contributed by atoms with Crippen molar-refractivity contribution in [3.8, 4) is 23.1 Å². The molecule has 1 aliphatic heterocycles. The van der Waals surface area contributed by atoms with E-state index in [1.165, 1.54) is 37.1 Å². The first kappa shape index (κ1) is 26.8. The Hall–Kier alpha value is -3.80. The number of nitriles is 1. The van der Waals surface area contributed by atoms with Crippen LogP contribution in [-0.4, -0.2) is 35.5 Å². The summed E-state index contributed by atoms with van der Waals surface area (Å²) in [5.41, 5.74) is 3.20. The first-order valence-corrected chi connectivity index (χ1v) is 13.6. The fourth-order valence-corrected chi connectivity index (χ4v) is 5.93. The number of benzene rings is 2. The highest BCUT2D eigenvalue weighted by Gasteiger charge is 2.32. The summed E-state index contributed by atoms with van der Waals surface area (Å²) in [7, 11) is 0. The van der Waals surface area contributed by atoms with Crippen LogP contribution in [0.1, 0.15) is 50.5 Å². The molecule has 0 amide bonds. The first-order valence-electron chi connectivity index (χ1n) is 13.6. The van der Waals surface area contributed by atoms with Crippen LogP contribution in [0.2, 0.25) is 0 Å². The van der Waals surface area contributed by atoms with Crippen LogP contribution in [0.3, 0.4) is 0 Å². The maximum atomic E-state index is 12.5. The van der Waals surface area contributed by atoms with Crippen molar-refractivity contribution in [1.82, 2.24) is 9.97 Å². The summed E-state index contributed by atoms with van der Waals surface area (Å²) in [5, 5.41) is 12.7. The van der Waals surface area contributed by atoms with Crippen molar-refractivity contribution in [1.29, 1.82) is 5.26 Å². The molecule has 204 valence electrons. The Morgan fingerprint density at radius 1 is 0.974 bits per heavy atom. The minimum absolute atomic E-state index is 0.260. The van der Waals surface area contributed by atoms with Crippen molar-refractivity contribution >= 4 is 11.6 Å². The Kier molecular flexibility index (Phi) is 8.20. The molecule has 1 saturated carbocycles. The molecule has 0 unspecified atom stereocenters. The zero-order chi connectivity index (χ0) is 27.2. The fraction of sp³-hybridized carbons (Fsp3) is 0.433. The van der Waals surface area contributed by atoms with Crippen molar-refractivity contribution in [2.24, 2.45) is 11.8 Å². The number of hydrogen-bond acceptors (Lipinski definition) is 6. The summed E-state index contributed by atoms with van der Waals surface area (Å²) in [5.74, 6) is 1.41. The maximum absolute atomic E-state index is 12.5. The number of anilines is 2. The normalized spacial score (nSPS) is 21.7. The van der Waals surface area contributed by atoms with Gasteiger partial charge in [-0.2, -0.15) is 5.26 Å². The third-order valence-electron chi connectivity index (χ3n) is 7.78. The van der Waals surface area contributed by atoms with E-state index in [9.17, 15) is 13.2 Å². The van der Waals surface area contributed by atoms with E-state index in [1.54, 1.807) is 24.4 Å². The van der Waals surface area contributed by atoms with Gasteiger partial charge in [-0.05, 0) is 98.5 Å². The molecule has 1 aliphatic carbocycles. The van der Waals surface area contributed by atoms with Crippen molar-refractivity contribution < 1.29 is 17.9 Å². The highest BCUT2D eigenvalue weighted by atomic mass is 19.4. The lowest BCUT2D eigenvalue weighted by Gasteiger charge is -2.39. The number of rotatable bonds is 7. The van der Waals surface area contributed by atoms with E-state index in [4.69, 9.17) is 5.26 Å². The third-order valence-corrected chi connectivity index (χ3v) is 7.78. The van der Waals surface area contributed by atoms with Crippen LogP contribution < -0.4 is 15.0 Å². The van der Waals surface area contributed by atoms with E-state index in [1.807, 2.05) is 24.3 Å². The minimum Gasteiger partial charge on any atom is -0.406 e. The summed E-state index contributed by atoms with van der Waals surface area (Å²) in [6.07, 6.45) is 5.11. The zero-order valence-electron chi connectivity index (χ0n) is 21.7. The van der Waals surface area contributed by atoms with Crippen LogP contribution in [0.15, 0.2) is 60.8 Å². The molecule has 3 atom stereocenters. The largest absolute Gasteiger partial charge is 0.573 e. The van der Waals surface area contributed by atoms with Crippen molar-refractivity contribution in [2.45, 2.75) is 57.3 Å². The van der Waals surface area contributed by atoms with Crippen LogP contribution >= 0.6 is 0 Å². The Labute approximate surface area is 226 Å². The summed E-state index contributed by atoms with van der Waals surface area (Å²) in [6.45, 7) is 2.06. The van der Waals surface area contributed by atoms with Gasteiger partial charge in [0.1, 0.15) is 5.75 Å². The third kappa shape index (κ3) is 7.20. The summed E-state index contributed by atoms with van der Waals surface area (Å²) in [4.78, 5) is 11.6. The number of hydrogen-bond donors (Lipinski definition) is 1. The van der Waals surface area contributed by atoms with Gasteiger partial charge in [0.2, 0.25) is 5.95 Å². The predicted molar refractivity (Wildman–Crippen MR) is 144 cm³/mol. The molecule has 1 aromatic heterocycles. The van der Waals surface area contributed by atoms with Crippen molar-refractivity contribution in [2.75, 3.05) is 23.3 Å². The molecule has 0 spiro atoms. The monoisotopic (exact) mass is 535 g/mol. The van der Waals surface area contributed by atoms with Crippen LogP contribution in [0.25, 0.3) is 11.3 Å². The SMILES string of the molecule is N#Cc1ccc(N2CCC[C@H](C[C@@H]3CCCC[C@H]3Nc3nccc(-c4ccc(OC(F)(F)F)cc4)n3)C2)cc1. The van der Waals surface area contributed by atoms with Gasteiger partial charge in [-0.3, -0.25) is 0 Å². The Bertz CT molecular complexity index is 1270. The van der Waals surface area contributed by atoms with Gasteiger partial charge in [0, 0.05) is 36.6 Å². The maximum Gasteiger partial charge on any atom is 0.573 e. The van der Waals surface area contributed by atoms with Crippen LogP contribution in [0.5, 0.6) is 5.75 Å². The molecule has 1 saturated heterocycles. The summed E-state index contributed by atoms with van der Waals surface area (Å²) >= 11 is 0. The first-order chi connectivity index (χ1) is 18.9. The Morgan fingerprint density at radius 2 is 1.74 bits per heavy atom. The van der Waals surface area contributed by atoms with E-state index < -0.39 is 6.36 Å². The lowest BCUT2D eigenvalue weighted by atomic mass is 9.77. The van der Waals surface area contributed by atoms with Gasteiger partial charge >= 0.3 is 6.36 Å². The van der Waals surface area contributed by atoms with E-state index in [0.717, 1.165) is 38.8 Å². The topological polar surface area (TPSA) is 74.1 Å². The average molecular weight is 536 g/mol. The Morgan fingerprint density at radius 3 is 2.49 bits per heavy atom. The molecule has 6 nitrogen and oxygen atoms in total. The molecule has 2 aliphatic rings. The van der Waals surface area contributed by atoms with Gasteiger partial charge in [0.05, 0.1) is 17.3 Å². The van der Waals surface area contributed by atoms with Crippen LogP contribution in [-0.2, 0) is 0 Å². The number of nitrogens with zero attached hydrogens (tertiary/aromatic N) is 4. The van der Waals surface area contributed by atoms with Gasteiger partial charge in [0.25, 0.3) is 0 Å². The molecule has 39 heavy (non-hydrogen) atoms. The molecule has 1 N–H and O–H groups in total. The second-order valence-electron chi connectivity index (χ2n) is 10.5. The molecule has 0 radical (unpaired) electrons. The van der Waals surface area contributed by atoms with Gasteiger partial charge in [-0.15, -0.1) is 13.2 Å². The smallest absolute Gasteiger partial charge is 0.406 e. The summed E-state index contributed by atoms with van der Waals surface area (Å²) in [6, 6.07) is 17.8. The standard InChI is InChI=1S/C30H32F3N5O/c31-30(32,33)39-26-13-9-23(10-14-26)28-15-16-35-29(37-28)36-27-6-2-1-5-24(27)18-22-4-3-17-38(20-22)25-11-7-21(19-34)8-12-25/h7-16,22,24,27H,1-6,17-18,20H2,(H,35,36,37)/t22-,24+,27-/m1/s1. The lowest BCUT2D eigenvalue weighted by molar-refractivity contribution is -0.274. The van der Waals surface area contributed by atoms with Gasteiger partial charge in [-0.25, -0.2) is 9.97 Å². The van der Waals surface area contributed by atoms with Gasteiger partial charge < -0.3 is 15.0 Å². The minimum atomic E-state index is -4.72. The molecule has 2 aromatic carbocycles. The van der Waals surface area contributed by atoms with Gasteiger partial charge in [0.15, 0.2) is 0 Å². The van der Waals surface area contributed by atoms with E-state index >= 15 is 0 Å². The van der Waals surface area contributed by atoms with E-state index in [2.05, 4.69) is 31.0 Å². The zero-order valence-corrected chi connectivity index (χ0v) is 21.7. The summed E-state index contributed by atoms with van der Waals surface area (Å²) < 4.78 is 41.4. The second-order valence-corrected chi connectivity index (χ2v) is 10.5. The number of aromatic nitrogens is 2. The molecular formula is C30H32F3N5O. The highest BCUT2D eigenvalue weighted by Crippen LogP contribution is 2.35. The predicted octanol–water partition coefficient (Wildman–Crippen LogP) is 7.19. The molecule has 0 bridgehead atoms. The van der Waals surface area contributed by atoms with E-state index in [0.29, 0.717) is 34.6 Å². The number of ether oxygens (including phenoxy) is 1. The number of halogens is 3. The van der Waals surface area contributed by atoms with Crippen LogP contribution in [0.4, 0.5) is 24.8 Å². The molecule has 3 aromatic rings. The lowest BCUT2D eigenvalue weighted by Crippen LogP contribution is -2.39.